The first-order valence-corrected chi connectivity index (χ1v) is 10.7. The summed E-state index contributed by atoms with van der Waals surface area (Å²) in [5.41, 5.74) is -2.19. The molecule has 0 aliphatic heterocycles. The predicted octanol–water partition coefficient (Wildman–Crippen LogP) is 4.86. The van der Waals surface area contributed by atoms with Crippen molar-refractivity contribution >= 4 is 17.6 Å². The minimum Gasteiger partial charge on any atom is -0.489 e. The summed E-state index contributed by atoms with van der Waals surface area (Å²) in [6, 6.07) is 8.57. The molecule has 1 aliphatic rings. The molecule has 0 aromatic heterocycles. The molecule has 0 heterocycles. The zero-order chi connectivity index (χ0) is 24.8. The molecule has 1 aliphatic carbocycles. The Morgan fingerprint density at radius 2 is 1.76 bits per heavy atom. The Labute approximate surface area is 194 Å². The van der Waals surface area contributed by atoms with Crippen LogP contribution in [0.15, 0.2) is 42.5 Å². The van der Waals surface area contributed by atoms with E-state index in [0.29, 0.717) is 25.7 Å². The number of benzene rings is 2. The Balaban J connectivity index is 1.72. The maximum atomic E-state index is 14.4. The van der Waals surface area contributed by atoms with Gasteiger partial charge in [-0.3, -0.25) is 9.59 Å². The van der Waals surface area contributed by atoms with Crippen molar-refractivity contribution in [3.05, 3.63) is 59.4 Å². The van der Waals surface area contributed by atoms with Crippen LogP contribution in [0.1, 0.15) is 36.8 Å². The van der Waals surface area contributed by atoms with Gasteiger partial charge in [-0.25, -0.2) is 4.39 Å². The van der Waals surface area contributed by atoms with Crippen LogP contribution < -0.4 is 10.1 Å². The van der Waals surface area contributed by atoms with Crippen molar-refractivity contribution in [2.45, 2.75) is 37.3 Å². The molecule has 6 nitrogen and oxygen atoms in total. The monoisotopic (exact) mass is 483 g/mol. The highest BCUT2D eigenvalue weighted by Gasteiger charge is 2.46. The number of carbonyl (C=O) groups excluding carboxylic acids is 2. The van der Waals surface area contributed by atoms with Gasteiger partial charge >= 0.3 is 12.1 Å². The molecule has 0 saturated heterocycles. The first-order chi connectivity index (χ1) is 16.2. The molecule has 3 rings (SSSR count). The zero-order valence-corrected chi connectivity index (χ0v) is 18.5. The van der Waals surface area contributed by atoms with Crippen LogP contribution in [0.2, 0.25) is 0 Å². The maximum Gasteiger partial charge on any atom is 0.416 e. The lowest BCUT2D eigenvalue weighted by molar-refractivity contribution is -0.153. The minimum atomic E-state index is -4.63. The molecule has 0 radical (unpaired) electrons. The Morgan fingerprint density at radius 3 is 2.41 bits per heavy atom. The number of alkyl halides is 3. The second-order valence-corrected chi connectivity index (χ2v) is 7.94. The predicted molar refractivity (Wildman–Crippen MR) is 115 cm³/mol. The summed E-state index contributed by atoms with van der Waals surface area (Å²) in [4.78, 5) is 25.4. The van der Waals surface area contributed by atoms with Crippen LogP contribution in [0.4, 0.5) is 23.2 Å². The topological polar surface area (TPSA) is 73.9 Å². The van der Waals surface area contributed by atoms with E-state index in [1.165, 1.54) is 25.3 Å². The maximum absolute atomic E-state index is 14.4. The van der Waals surface area contributed by atoms with E-state index in [2.05, 4.69) is 5.32 Å². The number of halogens is 4. The van der Waals surface area contributed by atoms with Crippen molar-refractivity contribution in [1.29, 1.82) is 0 Å². The van der Waals surface area contributed by atoms with Gasteiger partial charge < -0.3 is 19.5 Å². The highest BCUT2D eigenvalue weighted by Crippen LogP contribution is 2.43. The van der Waals surface area contributed by atoms with Gasteiger partial charge in [-0.05, 0) is 37.1 Å². The molecular weight excluding hydrogens is 458 g/mol. The molecule has 1 N–H and O–H groups in total. The lowest BCUT2D eigenvalue weighted by Gasteiger charge is -2.27. The smallest absolute Gasteiger partial charge is 0.416 e. The highest BCUT2D eigenvalue weighted by molar-refractivity contribution is 5.95. The summed E-state index contributed by atoms with van der Waals surface area (Å²) in [6.45, 7) is -0.516. The average Bonchev–Trinajstić information content (AvgIpc) is 3.29. The molecule has 10 heteroatoms. The van der Waals surface area contributed by atoms with Crippen molar-refractivity contribution in [1.82, 2.24) is 0 Å². The van der Waals surface area contributed by atoms with Crippen LogP contribution in [0.3, 0.4) is 0 Å². The summed E-state index contributed by atoms with van der Waals surface area (Å²) in [5.74, 6) is -2.13. The summed E-state index contributed by atoms with van der Waals surface area (Å²) in [7, 11) is 1.44. The number of amides is 1. The molecule has 0 spiro atoms. The van der Waals surface area contributed by atoms with Gasteiger partial charge in [0.25, 0.3) is 5.91 Å². The molecular formula is C24H25F4NO5. The van der Waals surface area contributed by atoms with Gasteiger partial charge in [-0.15, -0.1) is 0 Å². The number of methoxy groups -OCH3 is 1. The first-order valence-electron chi connectivity index (χ1n) is 10.7. The van der Waals surface area contributed by atoms with Crippen molar-refractivity contribution in [2.24, 2.45) is 0 Å². The molecule has 0 bridgehead atoms. The van der Waals surface area contributed by atoms with Crippen LogP contribution in [-0.4, -0.2) is 38.8 Å². The second-order valence-electron chi connectivity index (χ2n) is 7.94. The third-order valence-corrected chi connectivity index (χ3v) is 5.70. The van der Waals surface area contributed by atoms with Crippen molar-refractivity contribution in [3.63, 3.8) is 0 Å². The summed E-state index contributed by atoms with van der Waals surface area (Å²) < 4.78 is 69.3. The summed E-state index contributed by atoms with van der Waals surface area (Å²) in [6.07, 6.45) is -2.49. The number of anilines is 1. The van der Waals surface area contributed by atoms with E-state index < -0.39 is 41.5 Å². The van der Waals surface area contributed by atoms with E-state index in [1.807, 2.05) is 0 Å². The Morgan fingerprint density at radius 1 is 1.06 bits per heavy atom. The Kier molecular flexibility index (Phi) is 8.14. The summed E-state index contributed by atoms with van der Waals surface area (Å²) in [5, 5.41) is 2.30. The number of carbonyl (C=O) groups is 2. The number of rotatable bonds is 9. The number of ether oxygens (including phenoxy) is 3. The number of hydrogen-bond donors (Lipinski definition) is 1. The van der Waals surface area contributed by atoms with E-state index >= 15 is 0 Å². The van der Waals surface area contributed by atoms with Crippen molar-refractivity contribution < 1.29 is 41.4 Å². The molecule has 34 heavy (non-hydrogen) atoms. The van der Waals surface area contributed by atoms with E-state index in [1.54, 1.807) is 6.07 Å². The fourth-order valence-corrected chi connectivity index (χ4v) is 4.03. The molecule has 0 atom stereocenters. The molecule has 1 saturated carbocycles. The standard InChI is InChI=1S/C24H25F4NO5/c1-32-12-13-33-20-9-8-16(24(26,27)28)14-19(20)29-21(30)15-34-22(31)23(10-4-5-11-23)17-6-2-3-7-18(17)25/h2-3,6-9,14H,4-5,10-13,15H2,1H3,(H,29,30). The lowest BCUT2D eigenvalue weighted by Crippen LogP contribution is -2.37. The zero-order valence-electron chi connectivity index (χ0n) is 18.5. The number of esters is 1. The van der Waals surface area contributed by atoms with Crippen molar-refractivity contribution in [2.75, 3.05) is 32.2 Å². The van der Waals surface area contributed by atoms with E-state index in [4.69, 9.17) is 14.2 Å². The van der Waals surface area contributed by atoms with Crippen LogP contribution in [-0.2, 0) is 30.7 Å². The van der Waals surface area contributed by atoms with Gasteiger partial charge in [-0.2, -0.15) is 13.2 Å². The van der Waals surface area contributed by atoms with E-state index in [-0.39, 0.29) is 30.2 Å². The van der Waals surface area contributed by atoms with E-state index in [0.717, 1.165) is 18.2 Å². The fraction of sp³-hybridized carbons (Fsp3) is 0.417. The molecule has 1 amide bonds. The highest BCUT2D eigenvalue weighted by atomic mass is 19.4. The number of nitrogens with one attached hydrogen (secondary N) is 1. The Hall–Kier alpha value is -3.14. The molecule has 1 fully saturated rings. The van der Waals surface area contributed by atoms with Gasteiger partial charge in [0.1, 0.15) is 18.2 Å². The number of hydrogen-bond acceptors (Lipinski definition) is 5. The Bertz CT molecular complexity index is 1020. The molecule has 0 unspecified atom stereocenters. The van der Waals surface area contributed by atoms with Gasteiger partial charge in [0, 0.05) is 12.7 Å². The third-order valence-electron chi connectivity index (χ3n) is 5.70. The minimum absolute atomic E-state index is 0.00310. The van der Waals surface area contributed by atoms with Crippen molar-refractivity contribution in [3.8, 4) is 5.75 Å². The van der Waals surface area contributed by atoms with Gasteiger partial charge in [0.2, 0.25) is 0 Å². The SMILES string of the molecule is COCCOc1ccc(C(F)(F)F)cc1NC(=O)COC(=O)C1(c2ccccc2F)CCCC1. The molecule has 2 aromatic rings. The van der Waals surface area contributed by atoms with Crippen LogP contribution >= 0.6 is 0 Å². The van der Waals surface area contributed by atoms with Gasteiger partial charge in [0.15, 0.2) is 6.61 Å². The summed E-state index contributed by atoms with van der Waals surface area (Å²) >= 11 is 0. The second kappa shape index (κ2) is 10.9. The first kappa shape index (κ1) is 25.5. The van der Waals surface area contributed by atoms with Crippen LogP contribution in [0.5, 0.6) is 5.75 Å². The van der Waals surface area contributed by atoms with Gasteiger partial charge in [0.05, 0.1) is 23.3 Å². The molecule has 184 valence electrons. The largest absolute Gasteiger partial charge is 0.489 e. The van der Waals surface area contributed by atoms with Crippen LogP contribution in [0, 0.1) is 5.82 Å². The lowest BCUT2D eigenvalue weighted by atomic mass is 9.78. The van der Waals surface area contributed by atoms with Crippen LogP contribution in [0.25, 0.3) is 0 Å². The fourth-order valence-electron chi connectivity index (χ4n) is 4.03. The average molecular weight is 483 g/mol. The van der Waals surface area contributed by atoms with Gasteiger partial charge in [-0.1, -0.05) is 31.0 Å². The molecule has 2 aromatic carbocycles. The quantitative estimate of drug-likeness (QED) is 0.313. The third kappa shape index (κ3) is 5.85. The normalized spacial score (nSPS) is 15.1. The van der Waals surface area contributed by atoms with E-state index in [9.17, 15) is 27.2 Å².